The molecule has 0 radical (unpaired) electrons. The van der Waals surface area contributed by atoms with Crippen LogP contribution in [0.2, 0.25) is 0 Å². The Labute approximate surface area is 275 Å². The van der Waals surface area contributed by atoms with E-state index in [1.165, 1.54) is 99.4 Å². The van der Waals surface area contributed by atoms with E-state index >= 15 is 0 Å². The highest BCUT2D eigenvalue weighted by atomic mass is 14.4. The highest BCUT2D eigenvalue weighted by Crippen LogP contribution is 2.51. The summed E-state index contributed by atoms with van der Waals surface area (Å²) in [6, 6.07) is 58.8. The van der Waals surface area contributed by atoms with Crippen molar-refractivity contribution in [3.05, 3.63) is 169 Å². The van der Waals surface area contributed by atoms with E-state index < -0.39 is 0 Å². The quantitative estimate of drug-likeness (QED) is 0.190. The van der Waals surface area contributed by atoms with Crippen molar-refractivity contribution in [2.24, 2.45) is 0 Å². The van der Waals surface area contributed by atoms with Crippen LogP contribution >= 0.6 is 0 Å². The summed E-state index contributed by atoms with van der Waals surface area (Å²) in [4.78, 5) is 0. The summed E-state index contributed by atoms with van der Waals surface area (Å²) < 4.78 is 0. The Kier molecular flexibility index (Phi) is 5.44. The summed E-state index contributed by atoms with van der Waals surface area (Å²) in [5, 5.41) is 5.25. The van der Waals surface area contributed by atoms with E-state index in [0.717, 1.165) is 0 Å². The van der Waals surface area contributed by atoms with E-state index in [9.17, 15) is 0 Å². The fraction of sp³-hybridized carbons (Fsp3) is 0.0638. The predicted molar refractivity (Wildman–Crippen MR) is 200 cm³/mol. The van der Waals surface area contributed by atoms with Crippen LogP contribution in [0.1, 0.15) is 25.0 Å². The molecule has 0 N–H and O–H groups in total. The van der Waals surface area contributed by atoms with Gasteiger partial charge in [0.05, 0.1) is 0 Å². The fourth-order valence-electron chi connectivity index (χ4n) is 8.59. The van der Waals surface area contributed by atoms with E-state index in [2.05, 4.69) is 172 Å². The van der Waals surface area contributed by atoms with Crippen molar-refractivity contribution >= 4 is 21.5 Å². The van der Waals surface area contributed by atoms with Gasteiger partial charge in [-0.25, -0.2) is 0 Å². The lowest BCUT2D eigenvalue weighted by Gasteiger charge is -2.22. The van der Waals surface area contributed by atoms with Crippen molar-refractivity contribution in [3.63, 3.8) is 0 Å². The molecule has 0 aromatic heterocycles. The van der Waals surface area contributed by atoms with Gasteiger partial charge in [0.2, 0.25) is 0 Å². The number of hydrogen-bond acceptors (Lipinski definition) is 0. The summed E-state index contributed by atoms with van der Waals surface area (Å²) >= 11 is 0. The molecule has 2 aliphatic carbocycles. The molecule has 0 saturated heterocycles. The summed E-state index contributed by atoms with van der Waals surface area (Å²) in [7, 11) is 0. The topological polar surface area (TPSA) is 0 Å². The van der Waals surface area contributed by atoms with E-state index in [4.69, 9.17) is 0 Å². The molecule has 8 aromatic carbocycles. The zero-order valence-corrected chi connectivity index (χ0v) is 26.5. The third kappa shape index (κ3) is 3.70. The first-order valence-electron chi connectivity index (χ1n) is 16.6. The maximum atomic E-state index is 2.44. The highest BCUT2D eigenvalue weighted by Gasteiger charge is 2.35. The second-order valence-electron chi connectivity index (χ2n) is 13.7. The molecular formula is C47H32. The molecular weight excluding hydrogens is 565 g/mol. The molecule has 0 aliphatic heterocycles. The van der Waals surface area contributed by atoms with Gasteiger partial charge in [-0.05, 0) is 112 Å². The van der Waals surface area contributed by atoms with Gasteiger partial charge in [0.15, 0.2) is 0 Å². The third-order valence-electron chi connectivity index (χ3n) is 10.9. The first-order chi connectivity index (χ1) is 23.1. The van der Waals surface area contributed by atoms with Crippen molar-refractivity contribution in [2.45, 2.75) is 19.3 Å². The maximum absolute atomic E-state index is 2.44. The summed E-state index contributed by atoms with van der Waals surface area (Å²) in [6.07, 6.45) is 0. The van der Waals surface area contributed by atoms with Crippen molar-refractivity contribution in [2.75, 3.05) is 0 Å². The second kappa shape index (κ2) is 9.64. The van der Waals surface area contributed by atoms with Crippen molar-refractivity contribution in [1.82, 2.24) is 0 Å². The molecule has 2 aliphatic rings. The molecule has 0 atom stereocenters. The molecule has 0 heteroatoms. The Morgan fingerprint density at radius 3 is 1.45 bits per heavy atom. The Morgan fingerprint density at radius 2 is 0.745 bits per heavy atom. The average molecular weight is 597 g/mol. The second-order valence-corrected chi connectivity index (χ2v) is 13.7. The van der Waals surface area contributed by atoms with Gasteiger partial charge in [-0.1, -0.05) is 159 Å². The zero-order valence-electron chi connectivity index (χ0n) is 26.5. The molecule has 0 heterocycles. The van der Waals surface area contributed by atoms with Crippen molar-refractivity contribution < 1.29 is 0 Å². The number of benzene rings is 8. The fourth-order valence-corrected chi connectivity index (χ4v) is 8.59. The summed E-state index contributed by atoms with van der Waals surface area (Å²) in [6.45, 7) is 4.72. The minimum absolute atomic E-state index is 0.0243. The SMILES string of the molecule is CC1(C)c2ccccc2-c2ccc(-c3ccc(-c4cccc(-c5ccc6c7c(cccc57)-c5ccccc5-6)c4)c4ccccc34)cc21. The molecule has 0 nitrogen and oxygen atoms in total. The maximum Gasteiger partial charge on any atom is 0.0159 e. The lowest BCUT2D eigenvalue weighted by Crippen LogP contribution is -2.14. The molecule has 0 fully saturated rings. The monoisotopic (exact) mass is 596 g/mol. The molecule has 47 heavy (non-hydrogen) atoms. The Morgan fingerprint density at radius 1 is 0.298 bits per heavy atom. The van der Waals surface area contributed by atoms with Gasteiger partial charge in [-0.3, -0.25) is 0 Å². The van der Waals surface area contributed by atoms with Crippen molar-refractivity contribution in [1.29, 1.82) is 0 Å². The van der Waals surface area contributed by atoms with Gasteiger partial charge in [-0.2, -0.15) is 0 Å². The largest absolute Gasteiger partial charge is 0.0619 e. The standard InChI is InChI=1S/C47H32/c1-47(2)44-20-8-7-17-39(44)40-22-21-31(28-45(40)47)33-24-23-32(35-13-3-4-14-36(33)35)29-11-9-12-30(27-29)34-25-26-43-38-16-6-5-15-37(38)42-19-10-18-41(34)46(42)43/h3-28H,1-2H3. The zero-order chi connectivity index (χ0) is 31.3. The van der Waals surface area contributed by atoms with Crippen LogP contribution in [0.15, 0.2) is 158 Å². The Hall–Kier alpha value is -5.72. The summed E-state index contributed by atoms with van der Waals surface area (Å²) in [5.74, 6) is 0. The van der Waals surface area contributed by atoms with Crippen LogP contribution in [-0.4, -0.2) is 0 Å². The van der Waals surface area contributed by atoms with Crippen LogP contribution in [0, 0.1) is 0 Å². The lowest BCUT2D eigenvalue weighted by atomic mass is 9.81. The van der Waals surface area contributed by atoms with E-state index in [-0.39, 0.29) is 5.41 Å². The van der Waals surface area contributed by atoms with Crippen molar-refractivity contribution in [3.8, 4) is 66.8 Å². The van der Waals surface area contributed by atoms with Crippen LogP contribution in [0.25, 0.3) is 88.3 Å². The average Bonchev–Trinajstić information content (AvgIpc) is 3.57. The molecule has 10 rings (SSSR count). The Bertz CT molecular complexity index is 2570. The first-order valence-corrected chi connectivity index (χ1v) is 16.6. The van der Waals surface area contributed by atoms with Gasteiger partial charge >= 0.3 is 0 Å². The minimum atomic E-state index is -0.0243. The molecule has 220 valence electrons. The van der Waals surface area contributed by atoms with E-state index in [1.54, 1.807) is 0 Å². The van der Waals surface area contributed by atoms with Gasteiger partial charge in [0, 0.05) is 5.41 Å². The summed E-state index contributed by atoms with van der Waals surface area (Å²) in [5.41, 5.74) is 18.5. The molecule has 0 unspecified atom stereocenters. The normalized spacial score (nSPS) is 13.5. The smallest absolute Gasteiger partial charge is 0.0159 e. The van der Waals surface area contributed by atoms with Crippen LogP contribution in [0.4, 0.5) is 0 Å². The number of hydrogen-bond donors (Lipinski definition) is 0. The molecule has 0 saturated carbocycles. The van der Waals surface area contributed by atoms with Gasteiger partial charge in [-0.15, -0.1) is 0 Å². The Balaban J connectivity index is 1.10. The molecule has 8 aromatic rings. The van der Waals surface area contributed by atoms with E-state index in [1.807, 2.05) is 0 Å². The van der Waals surface area contributed by atoms with Gasteiger partial charge < -0.3 is 0 Å². The van der Waals surface area contributed by atoms with Gasteiger partial charge in [0.25, 0.3) is 0 Å². The van der Waals surface area contributed by atoms with Crippen LogP contribution in [0.3, 0.4) is 0 Å². The number of rotatable bonds is 3. The van der Waals surface area contributed by atoms with Crippen LogP contribution in [0.5, 0.6) is 0 Å². The third-order valence-corrected chi connectivity index (χ3v) is 10.9. The minimum Gasteiger partial charge on any atom is -0.0619 e. The van der Waals surface area contributed by atoms with Crippen LogP contribution in [-0.2, 0) is 5.41 Å². The molecule has 0 bridgehead atoms. The number of fused-ring (bicyclic) bond motifs is 7. The lowest BCUT2D eigenvalue weighted by molar-refractivity contribution is 0.660. The first kappa shape index (κ1) is 26.5. The molecule has 0 spiro atoms. The van der Waals surface area contributed by atoms with E-state index in [0.29, 0.717) is 0 Å². The van der Waals surface area contributed by atoms with Gasteiger partial charge in [0.1, 0.15) is 0 Å². The molecule has 0 amide bonds. The van der Waals surface area contributed by atoms with Crippen LogP contribution < -0.4 is 0 Å². The highest BCUT2D eigenvalue weighted by molar-refractivity contribution is 6.18. The predicted octanol–water partition coefficient (Wildman–Crippen LogP) is 12.9.